The molecule has 2 aromatic heterocycles. The van der Waals surface area contributed by atoms with Gasteiger partial charge >= 0.3 is 5.97 Å². The molecule has 26 heavy (non-hydrogen) atoms. The van der Waals surface area contributed by atoms with Crippen molar-refractivity contribution in [3.63, 3.8) is 0 Å². The van der Waals surface area contributed by atoms with E-state index >= 15 is 0 Å². The number of hydrogen-bond acceptors (Lipinski definition) is 7. The number of aromatic carboxylic acids is 1. The van der Waals surface area contributed by atoms with Crippen LogP contribution in [0.25, 0.3) is 0 Å². The average Bonchev–Trinajstić information content (AvgIpc) is 3.13. The molecule has 3 rings (SSSR count). The summed E-state index contributed by atoms with van der Waals surface area (Å²) in [6.45, 7) is 0. The van der Waals surface area contributed by atoms with Crippen molar-refractivity contribution in [3.05, 3.63) is 57.3 Å². The fraction of sp³-hybridized carbons (Fsp3) is 0. The molecule has 3 aromatic rings. The van der Waals surface area contributed by atoms with Gasteiger partial charge in [-0.25, -0.2) is 9.69 Å². The van der Waals surface area contributed by atoms with E-state index in [1.807, 2.05) is 0 Å². The van der Waals surface area contributed by atoms with Gasteiger partial charge in [-0.15, -0.1) is 10.2 Å². The van der Waals surface area contributed by atoms with Crippen LogP contribution in [0.5, 0.6) is 5.75 Å². The number of carbonyl (C=O) groups excluding carboxylic acids is 1. The van der Waals surface area contributed by atoms with E-state index < -0.39 is 11.9 Å². The van der Waals surface area contributed by atoms with Crippen LogP contribution >= 0.6 is 34.5 Å². The number of aromatic hydroxyl groups is 1. The molecule has 2 heterocycles. The minimum absolute atomic E-state index is 0.00615. The first-order chi connectivity index (χ1) is 12.4. The molecule has 0 saturated heterocycles. The van der Waals surface area contributed by atoms with Gasteiger partial charge in [-0.2, -0.15) is 0 Å². The molecule has 0 aliphatic carbocycles. The van der Waals surface area contributed by atoms with Crippen molar-refractivity contribution in [2.45, 2.75) is 0 Å². The molecule has 0 radical (unpaired) electrons. The molecule has 0 fully saturated rings. The zero-order valence-corrected chi connectivity index (χ0v) is 15.0. The van der Waals surface area contributed by atoms with Crippen molar-refractivity contribution in [2.75, 3.05) is 4.90 Å². The molecule has 0 saturated carbocycles. The molecule has 132 valence electrons. The van der Waals surface area contributed by atoms with Crippen molar-refractivity contribution in [3.8, 4) is 5.75 Å². The van der Waals surface area contributed by atoms with Gasteiger partial charge in [-0.1, -0.05) is 34.5 Å². The number of benzene rings is 1. The second kappa shape index (κ2) is 7.24. The summed E-state index contributed by atoms with van der Waals surface area (Å²) in [5, 5.41) is 27.0. The van der Waals surface area contributed by atoms with Gasteiger partial charge in [-0.05, 0) is 24.3 Å². The van der Waals surface area contributed by atoms with Crippen molar-refractivity contribution < 1.29 is 19.8 Å². The fourth-order valence-electron chi connectivity index (χ4n) is 2.05. The molecular weight excluding hydrogens is 403 g/mol. The van der Waals surface area contributed by atoms with Crippen molar-refractivity contribution in [1.82, 2.24) is 15.2 Å². The van der Waals surface area contributed by atoms with Gasteiger partial charge in [0.2, 0.25) is 5.13 Å². The summed E-state index contributed by atoms with van der Waals surface area (Å²) in [6.07, 6.45) is 1.05. The SMILES string of the molecule is O=C(O)c1ccc(C(=O)N(c2nncs2)c2cc(Cl)cc(Cl)c2O)nc1. The smallest absolute Gasteiger partial charge is 0.337 e. The highest BCUT2D eigenvalue weighted by atomic mass is 35.5. The normalized spacial score (nSPS) is 10.5. The van der Waals surface area contributed by atoms with E-state index in [0.717, 1.165) is 22.4 Å². The molecule has 0 aliphatic heterocycles. The van der Waals surface area contributed by atoms with E-state index in [2.05, 4.69) is 15.2 Å². The molecule has 2 N–H and O–H groups in total. The van der Waals surface area contributed by atoms with Gasteiger partial charge in [0.25, 0.3) is 5.91 Å². The maximum Gasteiger partial charge on any atom is 0.337 e. The Balaban J connectivity index is 2.11. The van der Waals surface area contributed by atoms with Crippen LogP contribution in [-0.2, 0) is 0 Å². The maximum atomic E-state index is 13.0. The lowest BCUT2D eigenvalue weighted by atomic mass is 10.2. The Labute approximate surface area is 160 Å². The first-order valence-corrected chi connectivity index (χ1v) is 8.50. The van der Waals surface area contributed by atoms with Gasteiger partial charge in [-0.3, -0.25) is 9.78 Å². The van der Waals surface area contributed by atoms with Crippen LogP contribution in [0.4, 0.5) is 10.8 Å². The summed E-state index contributed by atoms with van der Waals surface area (Å²) < 4.78 is 0. The molecule has 8 nitrogen and oxygen atoms in total. The number of carbonyl (C=O) groups is 2. The van der Waals surface area contributed by atoms with Crippen molar-refractivity contribution in [2.24, 2.45) is 0 Å². The summed E-state index contributed by atoms with van der Waals surface area (Å²) in [6, 6.07) is 5.16. The van der Waals surface area contributed by atoms with Crippen LogP contribution in [-0.4, -0.2) is 37.3 Å². The number of phenolic OH excluding ortho intramolecular Hbond substituents is 1. The number of rotatable bonds is 4. The van der Waals surface area contributed by atoms with E-state index in [4.69, 9.17) is 28.3 Å². The predicted octanol–water partition coefficient (Wildman–Crippen LogP) is 3.62. The Bertz CT molecular complexity index is 980. The number of nitrogens with zero attached hydrogens (tertiary/aromatic N) is 4. The molecule has 0 bridgehead atoms. The average molecular weight is 411 g/mol. The van der Waals surface area contributed by atoms with E-state index in [0.29, 0.717) is 0 Å². The van der Waals surface area contributed by atoms with Gasteiger partial charge < -0.3 is 10.2 Å². The summed E-state index contributed by atoms with van der Waals surface area (Å²) in [4.78, 5) is 28.8. The van der Waals surface area contributed by atoms with Crippen LogP contribution in [0.2, 0.25) is 10.0 Å². The predicted molar refractivity (Wildman–Crippen MR) is 95.7 cm³/mol. The van der Waals surface area contributed by atoms with E-state index in [9.17, 15) is 14.7 Å². The molecule has 0 unspecified atom stereocenters. The van der Waals surface area contributed by atoms with E-state index in [1.165, 1.54) is 29.8 Å². The number of halogens is 2. The Morgan fingerprint density at radius 2 is 1.96 bits per heavy atom. The lowest BCUT2D eigenvalue weighted by Crippen LogP contribution is -2.27. The Kier molecular flexibility index (Phi) is 5.03. The molecule has 1 aromatic carbocycles. The van der Waals surface area contributed by atoms with Gasteiger partial charge in [0.05, 0.1) is 16.3 Å². The second-order valence-electron chi connectivity index (χ2n) is 4.85. The molecule has 11 heteroatoms. The number of carboxylic acid groups (broad SMARTS) is 1. The number of carboxylic acids is 1. The largest absolute Gasteiger partial charge is 0.504 e. The van der Waals surface area contributed by atoms with Crippen LogP contribution in [0.15, 0.2) is 36.0 Å². The first-order valence-electron chi connectivity index (χ1n) is 6.86. The molecule has 1 amide bonds. The fourth-order valence-corrected chi connectivity index (χ4v) is 3.10. The summed E-state index contributed by atoms with van der Waals surface area (Å²) in [5.74, 6) is -2.22. The van der Waals surface area contributed by atoms with Crippen LogP contribution in [0.3, 0.4) is 0 Å². The van der Waals surface area contributed by atoms with Gasteiger partial charge in [0, 0.05) is 11.2 Å². The maximum absolute atomic E-state index is 13.0. The molecule has 0 spiro atoms. The first kappa shape index (κ1) is 18.1. The lowest BCUT2D eigenvalue weighted by Gasteiger charge is -2.21. The minimum atomic E-state index is -1.17. The number of phenols is 1. The second-order valence-corrected chi connectivity index (χ2v) is 6.51. The monoisotopic (exact) mass is 410 g/mol. The number of anilines is 2. The van der Waals surface area contributed by atoms with Crippen LogP contribution in [0, 0.1) is 0 Å². The highest BCUT2D eigenvalue weighted by molar-refractivity contribution is 7.13. The van der Waals surface area contributed by atoms with E-state index in [1.54, 1.807) is 0 Å². The number of hydrogen-bond donors (Lipinski definition) is 2. The Morgan fingerprint density at radius 3 is 2.54 bits per heavy atom. The highest BCUT2D eigenvalue weighted by Gasteiger charge is 2.27. The Hall–Kier alpha value is -2.75. The summed E-state index contributed by atoms with van der Waals surface area (Å²) in [5.41, 5.74) is 1.26. The van der Waals surface area contributed by atoms with Crippen molar-refractivity contribution in [1.29, 1.82) is 0 Å². The molecule has 0 atom stereocenters. The zero-order valence-electron chi connectivity index (χ0n) is 12.6. The quantitative estimate of drug-likeness (QED) is 0.674. The number of aromatic nitrogens is 3. The number of amides is 1. The van der Waals surface area contributed by atoms with Crippen molar-refractivity contribution >= 4 is 57.2 Å². The topological polar surface area (TPSA) is 117 Å². The summed E-state index contributed by atoms with van der Waals surface area (Å²) >= 11 is 13.0. The third kappa shape index (κ3) is 3.45. The van der Waals surface area contributed by atoms with Gasteiger partial charge in [0.1, 0.15) is 11.2 Å². The molecular formula is C15H8Cl2N4O4S. The Morgan fingerprint density at radius 1 is 1.19 bits per heavy atom. The third-order valence-corrected chi connectivity index (χ3v) is 4.40. The molecule has 0 aliphatic rings. The highest BCUT2D eigenvalue weighted by Crippen LogP contribution is 2.41. The zero-order chi connectivity index (χ0) is 18.8. The standard InChI is InChI=1S/C15H8Cl2N4O4S/c16-8-3-9(17)12(22)11(4-8)21(15-20-19-6-26-15)13(23)10-2-1-7(5-18-10)14(24)25/h1-6,22H,(H,24,25). The third-order valence-electron chi connectivity index (χ3n) is 3.22. The minimum Gasteiger partial charge on any atom is -0.504 e. The van der Waals surface area contributed by atoms with Crippen LogP contribution in [0.1, 0.15) is 20.8 Å². The van der Waals surface area contributed by atoms with Crippen LogP contribution < -0.4 is 4.90 Å². The van der Waals surface area contributed by atoms with Gasteiger partial charge in [0.15, 0.2) is 5.75 Å². The van der Waals surface area contributed by atoms with E-state index in [-0.39, 0.29) is 37.9 Å². The summed E-state index contributed by atoms with van der Waals surface area (Å²) in [7, 11) is 0. The lowest BCUT2D eigenvalue weighted by molar-refractivity contribution is 0.0695. The number of pyridine rings is 1.